The highest BCUT2D eigenvalue weighted by Crippen LogP contribution is 2.21. The molecule has 0 fully saturated rings. The number of nitrogens with one attached hydrogen (secondary N) is 1. The van der Waals surface area contributed by atoms with Crippen molar-refractivity contribution in [3.05, 3.63) is 64.5 Å². The molecule has 8 nitrogen and oxygen atoms in total. The van der Waals surface area contributed by atoms with E-state index < -0.39 is 0 Å². The molecular formula is C22H23ClN4O4S. The molecule has 0 unspecified atom stereocenters. The Balaban J connectivity index is 1.43. The smallest absolute Gasteiger partial charge is 0.277 e. The van der Waals surface area contributed by atoms with Gasteiger partial charge < -0.3 is 19.4 Å². The first kappa shape index (κ1) is 23.6. The normalized spacial score (nSPS) is 10.6. The first-order chi connectivity index (χ1) is 15.3. The summed E-state index contributed by atoms with van der Waals surface area (Å²) < 4.78 is 11.0. The molecule has 1 N–H and O–H groups in total. The predicted molar refractivity (Wildman–Crippen MR) is 123 cm³/mol. The Morgan fingerprint density at radius 3 is 2.50 bits per heavy atom. The molecule has 0 aliphatic rings. The average molecular weight is 475 g/mol. The van der Waals surface area contributed by atoms with Crippen LogP contribution in [0.2, 0.25) is 5.02 Å². The molecule has 1 heterocycles. The molecule has 0 aliphatic heterocycles. The lowest BCUT2D eigenvalue weighted by Crippen LogP contribution is -2.36. The van der Waals surface area contributed by atoms with Gasteiger partial charge in [-0.15, -0.1) is 10.2 Å². The zero-order valence-electron chi connectivity index (χ0n) is 17.9. The van der Waals surface area contributed by atoms with Crippen molar-refractivity contribution in [3.8, 4) is 5.75 Å². The van der Waals surface area contributed by atoms with Gasteiger partial charge in [-0.1, -0.05) is 41.6 Å². The first-order valence-electron chi connectivity index (χ1n) is 9.75. The number of carbonyl (C=O) groups is 2. The molecule has 2 amide bonds. The van der Waals surface area contributed by atoms with Crippen molar-refractivity contribution in [2.45, 2.75) is 25.7 Å². The van der Waals surface area contributed by atoms with E-state index in [1.807, 2.05) is 32.0 Å². The van der Waals surface area contributed by atoms with Gasteiger partial charge in [-0.2, -0.15) is 0 Å². The van der Waals surface area contributed by atoms with Gasteiger partial charge in [0.05, 0.1) is 12.3 Å². The summed E-state index contributed by atoms with van der Waals surface area (Å²) in [6.07, 6.45) is 0. The van der Waals surface area contributed by atoms with Gasteiger partial charge >= 0.3 is 0 Å². The number of para-hydroxylation sites is 1. The summed E-state index contributed by atoms with van der Waals surface area (Å²) in [6.45, 7) is 3.89. The zero-order valence-corrected chi connectivity index (χ0v) is 19.5. The number of ether oxygens (including phenoxy) is 1. The number of thioether (sulfide) groups is 1. The number of hydrogen-bond donors (Lipinski definition) is 1. The molecule has 0 saturated carbocycles. The van der Waals surface area contributed by atoms with Crippen LogP contribution in [0.3, 0.4) is 0 Å². The number of benzene rings is 2. The fraction of sp³-hybridized carbons (Fsp3) is 0.273. The fourth-order valence-corrected chi connectivity index (χ4v) is 3.61. The fourth-order valence-electron chi connectivity index (χ4n) is 2.76. The van der Waals surface area contributed by atoms with Gasteiger partial charge in [0.2, 0.25) is 11.8 Å². The molecule has 2 aromatic carbocycles. The number of likely N-dealkylation sites (N-methyl/N-ethyl adjacent to an activating group) is 1. The lowest BCUT2D eigenvalue weighted by Gasteiger charge is -2.17. The average Bonchev–Trinajstić information content (AvgIpc) is 3.22. The molecule has 1 aromatic heterocycles. The summed E-state index contributed by atoms with van der Waals surface area (Å²) in [5.41, 5.74) is 2.71. The third-order valence-corrected chi connectivity index (χ3v) is 5.55. The molecule has 0 atom stereocenters. The monoisotopic (exact) mass is 474 g/mol. The van der Waals surface area contributed by atoms with Gasteiger partial charge in [-0.3, -0.25) is 9.59 Å². The maximum Gasteiger partial charge on any atom is 0.277 e. The molecule has 10 heteroatoms. The van der Waals surface area contributed by atoms with Crippen LogP contribution in [-0.2, 0) is 16.2 Å². The minimum absolute atomic E-state index is 0.0584. The third-order valence-electron chi connectivity index (χ3n) is 4.50. The van der Waals surface area contributed by atoms with E-state index in [0.29, 0.717) is 10.8 Å². The van der Waals surface area contributed by atoms with E-state index in [-0.39, 0.29) is 41.8 Å². The molecule has 0 aliphatic carbocycles. The number of nitrogens with zero attached hydrogens (tertiary/aromatic N) is 3. The summed E-state index contributed by atoms with van der Waals surface area (Å²) in [5.74, 6) is 0.479. The van der Waals surface area contributed by atoms with E-state index in [1.165, 1.54) is 4.90 Å². The number of anilines is 1. The quantitative estimate of drug-likeness (QED) is 0.466. The summed E-state index contributed by atoms with van der Waals surface area (Å²) in [4.78, 5) is 26.1. The van der Waals surface area contributed by atoms with Crippen molar-refractivity contribution in [2.24, 2.45) is 0 Å². The van der Waals surface area contributed by atoms with E-state index in [9.17, 15) is 9.59 Å². The largest absolute Gasteiger partial charge is 0.484 e. The Morgan fingerprint density at radius 2 is 1.81 bits per heavy atom. The molecular weight excluding hydrogens is 452 g/mol. The minimum Gasteiger partial charge on any atom is -0.484 e. The lowest BCUT2D eigenvalue weighted by molar-refractivity contribution is -0.131. The second-order valence-corrected chi connectivity index (χ2v) is 8.42. The molecule has 168 valence electrons. The first-order valence-corrected chi connectivity index (χ1v) is 11.1. The van der Waals surface area contributed by atoms with E-state index in [0.717, 1.165) is 28.6 Å². The lowest BCUT2D eigenvalue weighted by atomic mass is 10.1. The highest BCUT2D eigenvalue weighted by molar-refractivity contribution is 7.99. The van der Waals surface area contributed by atoms with Crippen LogP contribution in [0.5, 0.6) is 5.75 Å². The van der Waals surface area contributed by atoms with E-state index >= 15 is 0 Å². The Labute approximate surface area is 195 Å². The Kier molecular flexibility index (Phi) is 8.13. The van der Waals surface area contributed by atoms with Crippen LogP contribution >= 0.6 is 23.4 Å². The van der Waals surface area contributed by atoms with E-state index in [2.05, 4.69) is 15.5 Å². The third kappa shape index (κ3) is 6.73. The van der Waals surface area contributed by atoms with Crippen LogP contribution in [-0.4, -0.2) is 46.3 Å². The molecule has 32 heavy (non-hydrogen) atoms. The molecule has 0 radical (unpaired) electrons. The highest BCUT2D eigenvalue weighted by atomic mass is 35.5. The van der Waals surface area contributed by atoms with Crippen LogP contribution in [0, 0.1) is 13.8 Å². The van der Waals surface area contributed by atoms with E-state index in [4.69, 9.17) is 20.8 Å². The molecule has 3 aromatic rings. The van der Waals surface area contributed by atoms with Crippen LogP contribution in [0.15, 0.2) is 52.1 Å². The Morgan fingerprint density at radius 1 is 1.12 bits per heavy atom. The van der Waals surface area contributed by atoms with Crippen molar-refractivity contribution in [1.29, 1.82) is 0 Å². The standard InChI is InChI=1S/C22H23ClN4O4S/c1-14-5-4-6-15(2)21(14)24-18(28)11-27(3)20(29)13-32-22-26-25-19(31-22)12-30-17-9-7-16(23)8-10-17/h4-10H,11-13H2,1-3H3,(H,24,28). The minimum atomic E-state index is -0.261. The maximum atomic E-state index is 12.4. The number of carbonyl (C=O) groups excluding carboxylic acids is 2. The van der Waals surface area contributed by atoms with Gasteiger partial charge in [-0.25, -0.2) is 0 Å². The van der Waals surface area contributed by atoms with E-state index in [1.54, 1.807) is 31.3 Å². The van der Waals surface area contributed by atoms with Crippen molar-refractivity contribution in [1.82, 2.24) is 15.1 Å². The summed E-state index contributed by atoms with van der Waals surface area (Å²) in [7, 11) is 1.58. The van der Waals surface area contributed by atoms with Gasteiger partial charge in [0.25, 0.3) is 11.1 Å². The summed E-state index contributed by atoms with van der Waals surface area (Å²) in [6, 6.07) is 12.7. The number of aryl methyl sites for hydroxylation is 2. The van der Waals surface area contributed by atoms with Crippen molar-refractivity contribution < 1.29 is 18.7 Å². The van der Waals surface area contributed by atoms with Crippen molar-refractivity contribution in [3.63, 3.8) is 0 Å². The number of amides is 2. The number of hydrogen-bond acceptors (Lipinski definition) is 7. The van der Waals surface area contributed by atoms with Crippen molar-refractivity contribution in [2.75, 3.05) is 24.7 Å². The van der Waals surface area contributed by atoms with Crippen LogP contribution in [0.4, 0.5) is 5.69 Å². The van der Waals surface area contributed by atoms with Crippen LogP contribution in [0.25, 0.3) is 0 Å². The Hall–Kier alpha value is -3.04. The van der Waals surface area contributed by atoms with Crippen molar-refractivity contribution >= 4 is 40.9 Å². The molecule has 0 spiro atoms. The predicted octanol–water partition coefficient (Wildman–Crippen LogP) is 4.11. The zero-order chi connectivity index (χ0) is 23.1. The SMILES string of the molecule is Cc1cccc(C)c1NC(=O)CN(C)C(=O)CSc1nnc(COc2ccc(Cl)cc2)o1. The second-order valence-electron chi connectivity index (χ2n) is 7.06. The highest BCUT2D eigenvalue weighted by Gasteiger charge is 2.16. The van der Waals surface area contributed by atoms with Crippen LogP contribution in [0.1, 0.15) is 17.0 Å². The maximum absolute atomic E-state index is 12.4. The Bertz CT molecular complexity index is 1070. The summed E-state index contributed by atoms with van der Waals surface area (Å²) in [5, 5.41) is 11.5. The molecule has 3 rings (SSSR count). The second kappa shape index (κ2) is 11.0. The van der Waals surface area contributed by atoms with Gasteiger partial charge in [-0.05, 0) is 49.2 Å². The topological polar surface area (TPSA) is 97.6 Å². The van der Waals surface area contributed by atoms with Crippen LogP contribution < -0.4 is 10.1 Å². The molecule has 0 bridgehead atoms. The number of rotatable bonds is 9. The van der Waals surface area contributed by atoms with Gasteiger partial charge in [0.1, 0.15) is 5.75 Å². The number of aromatic nitrogens is 2. The summed E-state index contributed by atoms with van der Waals surface area (Å²) >= 11 is 6.94. The van der Waals surface area contributed by atoms with Gasteiger partial charge in [0.15, 0.2) is 6.61 Å². The molecule has 0 saturated heterocycles. The number of halogens is 1. The van der Waals surface area contributed by atoms with Gasteiger partial charge in [0, 0.05) is 17.8 Å².